The molecule has 2 aromatic carbocycles. The number of nitrogens with zero attached hydrogens (tertiary/aromatic N) is 2. The molecule has 0 atom stereocenters. The zero-order chi connectivity index (χ0) is 18.1. The van der Waals surface area contributed by atoms with Gasteiger partial charge >= 0.3 is 5.97 Å². The van der Waals surface area contributed by atoms with E-state index in [0.717, 1.165) is 16.5 Å². The molecule has 26 heavy (non-hydrogen) atoms. The predicted octanol–water partition coefficient (Wildman–Crippen LogP) is 4.73. The number of furan rings is 1. The smallest absolute Gasteiger partial charge is 0.336 e. The molecule has 0 aliphatic rings. The molecule has 0 aliphatic heterocycles. The van der Waals surface area contributed by atoms with Crippen molar-refractivity contribution in [1.82, 2.24) is 4.98 Å². The first-order valence-electron chi connectivity index (χ1n) is 7.88. The molecule has 2 aromatic heterocycles. The average Bonchev–Trinajstić information content (AvgIpc) is 3.12. The zero-order valence-electron chi connectivity index (χ0n) is 13.5. The molecule has 0 aliphatic carbocycles. The lowest BCUT2D eigenvalue weighted by Gasteiger charge is -2.03. The van der Waals surface area contributed by atoms with E-state index >= 15 is 0 Å². The number of carbonyl (C=O) groups is 1. The second-order valence-electron chi connectivity index (χ2n) is 5.76. The fourth-order valence-corrected chi connectivity index (χ4v) is 2.94. The first-order chi connectivity index (χ1) is 12.7. The first kappa shape index (κ1) is 15.6. The highest BCUT2D eigenvalue weighted by Crippen LogP contribution is 2.35. The van der Waals surface area contributed by atoms with Gasteiger partial charge in [0.1, 0.15) is 11.3 Å². The average molecular weight is 340 g/mol. The first-order valence-corrected chi connectivity index (χ1v) is 7.88. The summed E-state index contributed by atoms with van der Waals surface area (Å²) in [4.78, 5) is 15.7. The number of nitriles is 1. The van der Waals surface area contributed by atoms with Gasteiger partial charge in [0.15, 0.2) is 0 Å². The van der Waals surface area contributed by atoms with Crippen molar-refractivity contribution in [2.45, 2.75) is 0 Å². The molecule has 0 unspecified atom stereocenters. The van der Waals surface area contributed by atoms with Gasteiger partial charge in [-0.2, -0.15) is 5.26 Å². The summed E-state index contributed by atoms with van der Waals surface area (Å²) in [6.07, 6.45) is 3.35. The molecular weight excluding hydrogens is 328 g/mol. The van der Waals surface area contributed by atoms with E-state index in [1.54, 1.807) is 60.9 Å². The monoisotopic (exact) mass is 340 g/mol. The highest BCUT2D eigenvalue weighted by Gasteiger charge is 2.17. The van der Waals surface area contributed by atoms with E-state index in [4.69, 9.17) is 9.68 Å². The van der Waals surface area contributed by atoms with Crippen LogP contribution in [-0.2, 0) is 0 Å². The number of hydrogen-bond acceptors (Lipinski definition) is 4. The Balaban J connectivity index is 1.92. The minimum atomic E-state index is -1.01. The van der Waals surface area contributed by atoms with Gasteiger partial charge in [0.05, 0.1) is 17.2 Å². The van der Waals surface area contributed by atoms with Crippen LogP contribution in [0.4, 0.5) is 0 Å². The summed E-state index contributed by atoms with van der Waals surface area (Å²) < 4.78 is 6.02. The lowest BCUT2D eigenvalue weighted by atomic mass is 10.0. The van der Waals surface area contributed by atoms with Crippen molar-refractivity contribution in [2.75, 3.05) is 0 Å². The second-order valence-corrected chi connectivity index (χ2v) is 5.76. The second kappa shape index (κ2) is 6.19. The van der Waals surface area contributed by atoms with Crippen LogP contribution in [0, 0.1) is 11.3 Å². The number of pyridine rings is 1. The van der Waals surface area contributed by atoms with Gasteiger partial charge in [0.25, 0.3) is 0 Å². The summed E-state index contributed by atoms with van der Waals surface area (Å²) in [5.41, 5.74) is 3.39. The van der Waals surface area contributed by atoms with Gasteiger partial charge in [-0.15, -0.1) is 0 Å². The molecule has 0 amide bonds. The van der Waals surface area contributed by atoms with E-state index < -0.39 is 5.97 Å². The third-order valence-electron chi connectivity index (χ3n) is 4.15. The molecular formula is C21H12N2O3. The Hall–Kier alpha value is -3.91. The molecule has 0 saturated heterocycles. The normalized spacial score (nSPS) is 10.6. The van der Waals surface area contributed by atoms with Crippen LogP contribution in [0.5, 0.6) is 0 Å². The molecule has 0 saturated carbocycles. The molecule has 2 heterocycles. The van der Waals surface area contributed by atoms with Gasteiger partial charge in [0.2, 0.25) is 0 Å². The predicted molar refractivity (Wildman–Crippen MR) is 96.6 cm³/mol. The summed E-state index contributed by atoms with van der Waals surface area (Å²) in [7, 11) is 0. The van der Waals surface area contributed by atoms with Crippen LogP contribution in [-0.4, -0.2) is 16.1 Å². The van der Waals surface area contributed by atoms with E-state index in [1.165, 1.54) is 0 Å². The largest absolute Gasteiger partial charge is 0.478 e. The highest BCUT2D eigenvalue weighted by atomic mass is 16.4. The van der Waals surface area contributed by atoms with Crippen LogP contribution < -0.4 is 0 Å². The molecule has 0 spiro atoms. The van der Waals surface area contributed by atoms with E-state index in [1.807, 2.05) is 6.07 Å². The van der Waals surface area contributed by atoms with Crippen molar-refractivity contribution in [3.05, 3.63) is 78.1 Å². The number of carboxylic acid groups (broad SMARTS) is 1. The van der Waals surface area contributed by atoms with Crippen molar-refractivity contribution in [3.8, 4) is 28.5 Å². The Morgan fingerprint density at radius 1 is 1.04 bits per heavy atom. The van der Waals surface area contributed by atoms with Crippen LogP contribution in [0.1, 0.15) is 15.9 Å². The molecule has 0 bridgehead atoms. The van der Waals surface area contributed by atoms with Crippen LogP contribution in [0.15, 0.2) is 71.4 Å². The standard InChI is InChI=1S/C21H12N2O3/c22-10-13-4-3-5-14(8-13)18-12-23-11-15-9-19(26-20(15)18)16-6-1-2-7-17(16)21(24)25/h1-9,11-12H,(H,24,25). The van der Waals surface area contributed by atoms with Crippen molar-refractivity contribution in [3.63, 3.8) is 0 Å². The van der Waals surface area contributed by atoms with E-state index in [-0.39, 0.29) is 5.56 Å². The summed E-state index contributed by atoms with van der Waals surface area (Å²) in [5, 5.41) is 19.3. The number of benzene rings is 2. The van der Waals surface area contributed by atoms with E-state index in [2.05, 4.69) is 11.1 Å². The third-order valence-corrected chi connectivity index (χ3v) is 4.15. The van der Waals surface area contributed by atoms with Gasteiger partial charge in [0, 0.05) is 28.9 Å². The maximum atomic E-state index is 11.5. The zero-order valence-corrected chi connectivity index (χ0v) is 13.5. The minimum Gasteiger partial charge on any atom is -0.478 e. The Morgan fingerprint density at radius 3 is 2.69 bits per heavy atom. The molecule has 0 fully saturated rings. The van der Waals surface area contributed by atoms with Crippen LogP contribution in [0.3, 0.4) is 0 Å². The van der Waals surface area contributed by atoms with Crippen LogP contribution in [0.25, 0.3) is 33.4 Å². The number of aromatic nitrogens is 1. The number of rotatable bonds is 3. The summed E-state index contributed by atoms with van der Waals surface area (Å²) >= 11 is 0. The highest BCUT2D eigenvalue weighted by molar-refractivity contribution is 5.98. The fraction of sp³-hybridized carbons (Fsp3) is 0. The topological polar surface area (TPSA) is 87.1 Å². The minimum absolute atomic E-state index is 0.174. The number of hydrogen-bond donors (Lipinski definition) is 1. The molecule has 5 heteroatoms. The van der Waals surface area contributed by atoms with Gasteiger partial charge in [-0.3, -0.25) is 4.98 Å². The number of fused-ring (bicyclic) bond motifs is 1. The third kappa shape index (κ3) is 2.60. The van der Waals surface area contributed by atoms with E-state index in [9.17, 15) is 9.90 Å². The summed E-state index contributed by atoms with van der Waals surface area (Å²) in [6, 6.07) is 17.8. The Labute approximate surface area is 148 Å². The number of carboxylic acids is 1. The van der Waals surface area contributed by atoms with Gasteiger partial charge in [-0.05, 0) is 29.8 Å². The molecule has 4 rings (SSSR count). The Bertz CT molecular complexity index is 1190. The quantitative estimate of drug-likeness (QED) is 0.582. The van der Waals surface area contributed by atoms with Gasteiger partial charge < -0.3 is 9.52 Å². The fourth-order valence-electron chi connectivity index (χ4n) is 2.94. The van der Waals surface area contributed by atoms with Crippen molar-refractivity contribution in [1.29, 1.82) is 5.26 Å². The lowest BCUT2D eigenvalue weighted by Crippen LogP contribution is -1.98. The van der Waals surface area contributed by atoms with Crippen molar-refractivity contribution in [2.24, 2.45) is 0 Å². The van der Waals surface area contributed by atoms with Crippen molar-refractivity contribution < 1.29 is 14.3 Å². The molecule has 124 valence electrons. The van der Waals surface area contributed by atoms with Gasteiger partial charge in [-0.25, -0.2) is 4.79 Å². The van der Waals surface area contributed by atoms with E-state index in [0.29, 0.717) is 22.5 Å². The summed E-state index contributed by atoms with van der Waals surface area (Å²) in [6.45, 7) is 0. The molecule has 4 aromatic rings. The Kier molecular flexibility index (Phi) is 3.71. The van der Waals surface area contributed by atoms with Crippen LogP contribution in [0.2, 0.25) is 0 Å². The van der Waals surface area contributed by atoms with Crippen molar-refractivity contribution >= 4 is 16.9 Å². The molecule has 1 N–H and O–H groups in total. The van der Waals surface area contributed by atoms with Gasteiger partial charge in [-0.1, -0.05) is 30.3 Å². The molecule has 0 radical (unpaired) electrons. The maximum absolute atomic E-state index is 11.5. The SMILES string of the molecule is N#Cc1cccc(-c2cncc3cc(-c4ccccc4C(=O)O)oc23)c1. The maximum Gasteiger partial charge on any atom is 0.336 e. The summed E-state index contributed by atoms with van der Waals surface area (Å²) in [5.74, 6) is -0.551. The molecule has 5 nitrogen and oxygen atoms in total. The Morgan fingerprint density at radius 2 is 1.88 bits per heavy atom. The lowest BCUT2D eigenvalue weighted by molar-refractivity contribution is 0.0697. The van der Waals surface area contributed by atoms with Crippen LogP contribution >= 0.6 is 0 Å². The number of aromatic carboxylic acids is 1.